The maximum atomic E-state index is 13.3. The van der Waals surface area contributed by atoms with Crippen LogP contribution in [-0.4, -0.2) is 59.2 Å². The van der Waals surface area contributed by atoms with Gasteiger partial charge in [-0.3, -0.25) is 4.98 Å². The SMILES string of the molecule is NS(=O)(=O)c1ccc(NC2CCN(S(=O)(=O)c3cccc4cccnc34)CC2)c(S(=O)(=O)C(F)(F)F)c1. The van der Waals surface area contributed by atoms with E-state index >= 15 is 0 Å². The first-order chi connectivity index (χ1) is 17.1. The molecule has 0 atom stereocenters. The first kappa shape index (κ1) is 27.3. The van der Waals surface area contributed by atoms with Crippen LogP contribution in [0.3, 0.4) is 0 Å². The Morgan fingerprint density at radius 3 is 2.19 bits per heavy atom. The highest BCUT2D eigenvalue weighted by molar-refractivity contribution is 7.92. The van der Waals surface area contributed by atoms with Gasteiger partial charge in [-0.2, -0.15) is 17.5 Å². The van der Waals surface area contributed by atoms with Crippen molar-refractivity contribution in [2.45, 2.75) is 39.1 Å². The number of rotatable bonds is 6. The second kappa shape index (κ2) is 9.50. The monoisotopic (exact) mass is 578 g/mol. The summed E-state index contributed by atoms with van der Waals surface area (Å²) < 4.78 is 115. The fraction of sp³-hybridized carbons (Fsp3) is 0.286. The van der Waals surface area contributed by atoms with Crippen molar-refractivity contribution in [3.63, 3.8) is 0 Å². The summed E-state index contributed by atoms with van der Waals surface area (Å²) in [5, 5.41) is 8.30. The minimum Gasteiger partial charge on any atom is -0.381 e. The smallest absolute Gasteiger partial charge is 0.381 e. The number of nitrogens with one attached hydrogen (secondary N) is 1. The van der Waals surface area contributed by atoms with Crippen LogP contribution in [0, 0.1) is 0 Å². The number of sulfonamides is 2. The van der Waals surface area contributed by atoms with Crippen molar-refractivity contribution in [2.75, 3.05) is 18.4 Å². The summed E-state index contributed by atoms with van der Waals surface area (Å²) in [5.74, 6) is 0. The molecule has 0 bridgehead atoms. The molecule has 2 aromatic carbocycles. The van der Waals surface area contributed by atoms with Crippen molar-refractivity contribution in [1.82, 2.24) is 9.29 Å². The molecule has 2 heterocycles. The van der Waals surface area contributed by atoms with Gasteiger partial charge in [0, 0.05) is 30.7 Å². The van der Waals surface area contributed by atoms with Gasteiger partial charge in [0.25, 0.3) is 9.84 Å². The Kier molecular flexibility index (Phi) is 7.00. The van der Waals surface area contributed by atoms with Gasteiger partial charge < -0.3 is 5.32 Å². The zero-order valence-corrected chi connectivity index (χ0v) is 21.3. The van der Waals surface area contributed by atoms with Crippen LogP contribution in [0.4, 0.5) is 18.9 Å². The highest BCUT2D eigenvalue weighted by Crippen LogP contribution is 2.36. The summed E-state index contributed by atoms with van der Waals surface area (Å²) in [6.45, 7) is -0.000321. The molecule has 0 aliphatic carbocycles. The average Bonchev–Trinajstić information content (AvgIpc) is 2.82. The first-order valence-electron chi connectivity index (χ1n) is 10.7. The molecule has 3 aromatic rings. The van der Waals surface area contributed by atoms with E-state index in [0.29, 0.717) is 17.0 Å². The van der Waals surface area contributed by atoms with Crippen molar-refractivity contribution in [2.24, 2.45) is 5.14 Å². The number of sulfone groups is 1. The van der Waals surface area contributed by atoms with Gasteiger partial charge >= 0.3 is 5.51 Å². The summed E-state index contributed by atoms with van der Waals surface area (Å²) in [5.41, 5.74) is -5.85. The Morgan fingerprint density at radius 2 is 1.57 bits per heavy atom. The molecule has 10 nitrogen and oxygen atoms in total. The fourth-order valence-electron chi connectivity index (χ4n) is 4.03. The van der Waals surface area contributed by atoms with Crippen LogP contribution in [0.15, 0.2) is 69.4 Å². The molecule has 1 aromatic heterocycles. The van der Waals surface area contributed by atoms with E-state index < -0.39 is 56.9 Å². The molecule has 3 N–H and O–H groups in total. The quantitative estimate of drug-likeness (QED) is 0.452. The topological polar surface area (TPSA) is 157 Å². The number of para-hydroxylation sites is 1. The third kappa shape index (κ3) is 5.29. The Bertz CT molecular complexity index is 1660. The number of nitrogens with zero attached hydrogens (tertiary/aromatic N) is 2. The maximum Gasteiger partial charge on any atom is 0.501 e. The fourth-order valence-corrected chi connectivity index (χ4v) is 7.23. The van der Waals surface area contributed by atoms with E-state index in [9.17, 15) is 38.4 Å². The van der Waals surface area contributed by atoms with Crippen LogP contribution >= 0.6 is 0 Å². The van der Waals surface area contributed by atoms with Gasteiger partial charge in [0.15, 0.2) is 0 Å². The molecule has 1 saturated heterocycles. The lowest BCUT2D eigenvalue weighted by Gasteiger charge is -2.32. The third-order valence-corrected chi connectivity index (χ3v) is 10.3. The Morgan fingerprint density at radius 1 is 0.919 bits per heavy atom. The maximum absolute atomic E-state index is 13.3. The van der Waals surface area contributed by atoms with E-state index in [0.717, 1.165) is 12.1 Å². The zero-order valence-electron chi connectivity index (χ0n) is 18.9. The van der Waals surface area contributed by atoms with Crippen molar-refractivity contribution in [3.8, 4) is 0 Å². The molecule has 1 aliphatic heterocycles. The summed E-state index contributed by atoms with van der Waals surface area (Å²) >= 11 is 0. The van der Waals surface area contributed by atoms with Gasteiger partial charge in [-0.15, -0.1) is 0 Å². The molecule has 16 heteroatoms. The first-order valence-corrected chi connectivity index (χ1v) is 15.2. The number of hydrogen-bond donors (Lipinski definition) is 2. The number of benzene rings is 2. The van der Waals surface area contributed by atoms with E-state index in [1.807, 2.05) is 0 Å². The van der Waals surface area contributed by atoms with E-state index in [1.54, 1.807) is 24.3 Å². The highest BCUT2D eigenvalue weighted by atomic mass is 32.2. The van der Waals surface area contributed by atoms with Crippen molar-refractivity contribution < 1.29 is 38.4 Å². The zero-order chi connectivity index (χ0) is 27.2. The van der Waals surface area contributed by atoms with Crippen LogP contribution in [-0.2, 0) is 29.9 Å². The van der Waals surface area contributed by atoms with Crippen molar-refractivity contribution in [3.05, 3.63) is 54.7 Å². The van der Waals surface area contributed by atoms with Crippen molar-refractivity contribution >= 4 is 46.5 Å². The van der Waals surface area contributed by atoms with Gasteiger partial charge in [0.2, 0.25) is 20.0 Å². The minimum absolute atomic E-state index is 0.000161. The highest BCUT2D eigenvalue weighted by Gasteiger charge is 2.48. The molecule has 37 heavy (non-hydrogen) atoms. The summed E-state index contributed by atoms with van der Waals surface area (Å²) in [4.78, 5) is 2.10. The number of primary sulfonamides is 1. The largest absolute Gasteiger partial charge is 0.501 e. The molecular weight excluding hydrogens is 557 g/mol. The Labute approximate surface area is 211 Å². The lowest BCUT2D eigenvalue weighted by Crippen LogP contribution is -2.42. The number of hydrogen-bond acceptors (Lipinski definition) is 8. The van der Waals surface area contributed by atoms with Gasteiger partial charge in [-0.05, 0) is 43.2 Å². The molecule has 0 spiro atoms. The van der Waals surface area contributed by atoms with Crippen LogP contribution in [0.1, 0.15) is 12.8 Å². The van der Waals surface area contributed by atoms with Gasteiger partial charge in [0.05, 0.1) is 16.1 Å². The second-order valence-corrected chi connectivity index (χ2v) is 13.7. The van der Waals surface area contributed by atoms with E-state index in [-0.39, 0.29) is 30.8 Å². The minimum atomic E-state index is -5.93. The van der Waals surface area contributed by atoms with E-state index in [2.05, 4.69) is 10.3 Å². The van der Waals surface area contributed by atoms with E-state index in [4.69, 9.17) is 5.14 Å². The third-order valence-electron chi connectivity index (χ3n) is 5.90. The number of alkyl halides is 3. The number of piperidine rings is 1. The van der Waals surface area contributed by atoms with E-state index in [1.165, 1.54) is 16.6 Å². The van der Waals surface area contributed by atoms with Crippen LogP contribution in [0.25, 0.3) is 10.9 Å². The summed E-state index contributed by atoms with van der Waals surface area (Å²) in [7, 11) is -14.4. The van der Waals surface area contributed by atoms with Crippen LogP contribution in [0.2, 0.25) is 0 Å². The Hall–Kier alpha value is -2.79. The molecule has 0 amide bonds. The summed E-state index contributed by atoms with van der Waals surface area (Å²) in [6, 6.07) is 9.71. The number of pyridine rings is 1. The molecule has 0 unspecified atom stereocenters. The van der Waals surface area contributed by atoms with Gasteiger partial charge in [-0.1, -0.05) is 18.2 Å². The number of aromatic nitrogens is 1. The predicted octanol–water partition coefficient (Wildman–Crippen LogP) is 2.44. The molecule has 4 rings (SSSR count). The molecule has 200 valence electrons. The molecular formula is C21H21F3N4O6S3. The normalized spacial score (nSPS) is 16.6. The number of halogens is 3. The van der Waals surface area contributed by atoms with Crippen molar-refractivity contribution in [1.29, 1.82) is 0 Å². The predicted molar refractivity (Wildman–Crippen MR) is 128 cm³/mol. The average molecular weight is 579 g/mol. The number of nitrogens with two attached hydrogens (primary N) is 1. The van der Waals surface area contributed by atoms with Crippen LogP contribution in [0.5, 0.6) is 0 Å². The second-order valence-electron chi connectivity index (χ2n) is 8.31. The van der Waals surface area contributed by atoms with Gasteiger partial charge in [0.1, 0.15) is 9.79 Å². The summed E-state index contributed by atoms with van der Waals surface area (Å²) in [6.07, 6.45) is 1.75. The number of anilines is 1. The van der Waals surface area contributed by atoms with Gasteiger partial charge in [-0.25, -0.2) is 30.4 Å². The lowest BCUT2D eigenvalue weighted by atomic mass is 10.1. The Balaban J connectivity index is 1.58. The number of fused-ring (bicyclic) bond motifs is 1. The van der Waals surface area contributed by atoms with Crippen LogP contribution < -0.4 is 10.5 Å². The molecule has 1 fully saturated rings. The molecule has 0 saturated carbocycles. The molecule has 1 aliphatic rings. The lowest BCUT2D eigenvalue weighted by molar-refractivity contribution is -0.0435. The molecule has 0 radical (unpaired) electrons. The standard InChI is InChI=1S/C21H21F3N4O6S3/c22-21(23,24)35(29,30)19-13-16(36(25,31)32)6-7-17(19)27-15-8-11-28(12-9-15)37(33,34)18-5-1-3-14-4-2-10-26-20(14)18/h1-7,10,13,15,27H,8-9,11-12H2,(H2,25,31,32).